The molecule has 0 aromatic rings. The van der Waals surface area contributed by atoms with E-state index in [2.05, 4.69) is 11.3 Å². The van der Waals surface area contributed by atoms with E-state index in [1.54, 1.807) is 0 Å². The third-order valence-corrected chi connectivity index (χ3v) is 1.07. The van der Waals surface area contributed by atoms with Crippen LogP contribution >= 0.6 is 0 Å². The van der Waals surface area contributed by atoms with Crippen LogP contribution in [0.1, 0.15) is 6.42 Å². The molecule has 1 aliphatic heterocycles. The van der Waals surface area contributed by atoms with Crippen molar-refractivity contribution < 1.29 is 19.7 Å². The van der Waals surface area contributed by atoms with Crippen molar-refractivity contribution >= 4 is 5.97 Å². The number of esters is 1. The van der Waals surface area contributed by atoms with E-state index in [0.29, 0.717) is 0 Å². The van der Waals surface area contributed by atoms with Gasteiger partial charge < -0.3 is 14.9 Å². The Morgan fingerprint density at radius 2 is 2.22 bits per heavy atom. The summed E-state index contributed by atoms with van der Waals surface area (Å²) in [6.07, 6.45) is -0.118. The van der Waals surface area contributed by atoms with Gasteiger partial charge in [0.1, 0.15) is 0 Å². The quantitative estimate of drug-likeness (QED) is 0.254. The monoisotopic (exact) mass is 130 g/mol. The Kier molecular flexibility index (Phi) is 1.08. The van der Waals surface area contributed by atoms with Gasteiger partial charge in [0, 0.05) is 5.57 Å². The third kappa shape index (κ3) is 0.940. The van der Waals surface area contributed by atoms with Crippen LogP contribution in [0.2, 0.25) is 0 Å². The molecule has 0 radical (unpaired) electrons. The zero-order valence-corrected chi connectivity index (χ0v) is 4.63. The van der Waals surface area contributed by atoms with Gasteiger partial charge in [-0.1, -0.05) is 6.58 Å². The van der Waals surface area contributed by atoms with Crippen LogP contribution in [0.15, 0.2) is 12.2 Å². The molecular formula is C5H6O4. The number of hydrogen-bond donors (Lipinski definition) is 2. The minimum atomic E-state index is -2.42. The van der Waals surface area contributed by atoms with Gasteiger partial charge in [0.15, 0.2) is 0 Å². The topological polar surface area (TPSA) is 66.8 Å². The normalized spacial score (nSPS) is 24.2. The summed E-state index contributed by atoms with van der Waals surface area (Å²) >= 11 is 0. The summed E-state index contributed by atoms with van der Waals surface area (Å²) in [6.45, 7) is 3.21. The number of carbonyl (C=O) groups excluding carboxylic acids is 1. The first-order chi connectivity index (χ1) is 4.02. The summed E-state index contributed by atoms with van der Waals surface area (Å²) in [7, 11) is 0. The van der Waals surface area contributed by atoms with Crippen molar-refractivity contribution in [2.45, 2.75) is 12.4 Å². The SMILES string of the molecule is C=C1CC(=O)OC1(O)O. The summed E-state index contributed by atoms with van der Waals surface area (Å²) in [5, 5.41) is 17.3. The molecule has 4 heteroatoms. The zero-order valence-electron chi connectivity index (χ0n) is 4.63. The predicted molar refractivity (Wildman–Crippen MR) is 27.0 cm³/mol. The van der Waals surface area contributed by atoms with E-state index in [4.69, 9.17) is 10.2 Å². The molecule has 1 heterocycles. The van der Waals surface area contributed by atoms with Crippen LogP contribution in [-0.4, -0.2) is 22.2 Å². The molecule has 0 aromatic carbocycles. The van der Waals surface area contributed by atoms with Crippen LogP contribution in [0, 0.1) is 0 Å². The Morgan fingerprint density at radius 1 is 1.67 bits per heavy atom. The second-order valence-electron chi connectivity index (χ2n) is 1.86. The molecular weight excluding hydrogens is 124 g/mol. The van der Waals surface area contributed by atoms with E-state index in [-0.39, 0.29) is 12.0 Å². The van der Waals surface area contributed by atoms with Crippen LogP contribution in [0.3, 0.4) is 0 Å². The molecule has 0 amide bonds. The average molecular weight is 130 g/mol. The third-order valence-electron chi connectivity index (χ3n) is 1.07. The highest BCUT2D eigenvalue weighted by Crippen LogP contribution is 2.25. The highest BCUT2D eigenvalue weighted by Gasteiger charge is 2.40. The van der Waals surface area contributed by atoms with Gasteiger partial charge in [-0.3, -0.25) is 4.79 Å². The zero-order chi connectivity index (χ0) is 7.07. The number of cyclic esters (lactones) is 1. The lowest BCUT2D eigenvalue weighted by atomic mass is 10.2. The second-order valence-corrected chi connectivity index (χ2v) is 1.86. The molecule has 0 aromatic heterocycles. The maximum absolute atomic E-state index is 10.3. The van der Waals surface area contributed by atoms with Crippen LogP contribution in [0.25, 0.3) is 0 Å². The first-order valence-electron chi connectivity index (χ1n) is 2.37. The number of carbonyl (C=O) groups is 1. The lowest BCUT2D eigenvalue weighted by molar-refractivity contribution is -0.278. The Labute approximate surface area is 51.4 Å². The Bertz CT molecular complexity index is 170. The van der Waals surface area contributed by atoms with Gasteiger partial charge in [0.05, 0.1) is 6.42 Å². The summed E-state index contributed by atoms with van der Waals surface area (Å²) in [6, 6.07) is 0. The molecule has 1 fully saturated rings. The molecule has 50 valence electrons. The smallest absolute Gasteiger partial charge is 0.349 e. The molecule has 1 saturated heterocycles. The second kappa shape index (κ2) is 1.55. The molecule has 0 unspecified atom stereocenters. The lowest BCUT2D eigenvalue weighted by Gasteiger charge is -2.12. The van der Waals surface area contributed by atoms with Crippen molar-refractivity contribution in [3.05, 3.63) is 12.2 Å². The van der Waals surface area contributed by atoms with Gasteiger partial charge in [-0.2, -0.15) is 0 Å². The minimum Gasteiger partial charge on any atom is -0.404 e. The molecule has 0 saturated carbocycles. The molecule has 0 aliphatic carbocycles. The molecule has 0 bridgehead atoms. The molecule has 2 N–H and O–H groups in total. The Balaban J connectivity index is 2.81. The summed E-state index contributed by atoms with van der Waals surface area (Å²) in [4.78, 5) is 10.3. The standard InChI is InChI=1S/C5H6O4/c1-3-2-4(6)9-5(3,7)8/h7-8H,1-2H2. The molecule has 4 nitrogen and oxygen atoms in total. The number of aliphatic hydroxyl groups is 2. The largest absolute Gasteiger partial charge is 0.404 e. The fourth-order valence-electron chi connectivity index (χ4n) is 0.556. The van der Waals surface area contributed by atoms with E-state index in [0.717, 1.165) is 0 Å². The van der Waals surface area contributed by atoms with Gasteiger partial charge >= 0.3 is 11.9 Å². The van der Waals surface area contributed by atoms with E-state index >= 15 is 0 Å². The Hall–Kier alpha value is -0.870. The lowest BCUT2D eigenvalue weighted by Crippen LogP contribution is -2.28. The van der Waals surface area contributed by atoms with Gasteiger partial charge in [-0.15, -0.1) is 0 Å². The van der Waals surface area contributed by atoms with Crippen LogP contribution in [-0.2, 0) is 9.53 Å². The summed E-state index contributed by atoms with van der Waals surface area (Å²) in [5.74, 6) is -3.08. The van der Waals surface area contributed by atoms with Crippen molar-refractivity contribution in [2.75, 3.05) is 0 Å². The molecule has 0 atom stereocenters. The van der Waals surface area contributed by atoms with Crippen molar-refractivity contribution in [3.63, 3.8) is 0 Å². The van der Waals surface area contributed by atoms with Crippen LogP contribution in [0.4, 0.5) is 0 Å². The summed E-state index contributed by atoms with van der Waals surface area (Å²) in [5.41, 5.74) is -0.0208. The number of rotatable bonds is 0. The molecule has 1 rings (SSSR count). The van der Waals surface area contributed by atoms with E-state index in [9.17, 15) is 4.79 Å². The summed E-state index contributed by atoms with van der Waals surface area (Å²) < 4.78 is 4.03. The predicted octanol–water partition coefficient (Wildman–Crippen LogP) is -0.872. The highest BCUT2D eigenvalue weighted by atomic mass is 16.8. The average Bonchev–Trinajstić information content (AvgIpc) is 1.79. The van der Waals surface area contributed by atoms with Crippen LogP contribution in [0.5, 0.6) is 0 Å². The van der Waals surface area contributed by atoms with Crippen molar-refractivity contribution in [3.8, 4) is 0 Å². The maximum atomic E-state index is 10.3. The fraction of sp³-hybridized carbons (Fsp3) is 0.400. The van der Waals surface area contributed by atoms with Crippen molar-refractivity contribution in [1.82, 2.24) is 0 Å². The van der Waals surface area contributed by atoms with E-state index in [1.165, 1.54) is 0 Å². The van der Waals surface area contributed by atoms with Crippen molar-refractivity contribution in [1.29, 1.82) is 0 Å². The first-order valence-corrected chi connectivity index (χ1v) is 2.37. The van der Waals surface area contributed by atoms with E-state index in [1.807, 2.05) is 0 Å². The fourth-order valence-corrected chi connectivity index (χ4v) is 0.556. The van der Waals surface area contributed by atoms with Gasteiger partial charge in [0.2, 0.25) is 0 Å². The number of ether oxygens (including phenoxy) is 1. The van der Waals surface area contributed by atoms with Crippen molar-refractivity contribution in [2.24, 2.45) is 0 Å². The van der Waals surface area contributed by atoms with Gasteiger partial charge in [-0.25, -0.2) is 0 Å². The van der Waals surface area contributed by atoms with Gasteiger partial charge in [-0.05, 0) is 0 Å². The van der Waals surface area contributed by atoms with E-state index < -0.39 is 11.9 Å². The van der Waals surface area contributed by atoms with Gasteiger partial charge in [0.25, 0.3) is 0 Å². The number of hydrogen-bond acceptors (Lipinski definition) is 4. The minimum absolute atomic E-state index is 0.0208. The Morgan fingerprint density at radius 3 is 2.33 bits per heavy atom. The van der Waals surface area contributed by atoms with Crippen LogP contribution < -0.4 is 0 Å². The first kappa shape index (κ1) is 6.25. The molecule has 1 aliphatic rings. The highest BCUT2D eigenvalue weighted by molar-refractivity contribution is 5.76. The molecule has 9 heavy (non-hydrogen) atoms. The maximum Gasteiger partial charge on any atom is 0.349 e. The molecule has 0 spiro atoms.